The largest absolute Gasteiger partial charge is 0.381 e. The molecule has 0 rings (SSSR count). The average molecular weight is 259 g/mol. The Morgan fingerprint density at radius 2 is 1.89 bits per heavy atom. The second-order valence-corrected chi connectivity index (χ2v) is 4.57. The zero-order chi connectivity index (χ0) is 14.0. The number of urea groups is 1. The second-order valence-electron chi connectivity index (χ2n) is 4.57. The highest BCUT2D eigenvalue weighted by molar-refractivity contribution is 5.96. The van der Waals surface area contributed by atoms with Crippen LogP contribution < -0.4 is 16.0 Å². The second kappa shape index (κ2) is 9.85. The van der Waals surface area contributed by atoms with Crippen LogP contribution in [0.15, 0.2) is 0 Å². The predicted octanol–water partition coefficient (Wildman–Crippen LogP) is 0.483. The van der Waals surface area contributed by atoms with Crippen LogP contribution in [0.5, 0.6) is 0 Å². The summed E-state index contributed by atoms with van der Waals surface area (Å²) in [6, 6.07) is -0.888. The maximum atomic E-state index is 11.5. The molecular formula is C12H25N3O3. The average Bonchev–Trinajstić information content (AvgIpc) is 2.32. The van der Waals surface area contributed by atoms with Crippen molar-refractivity contribution in [2.75, 3.05) is 26.8 Å². The summed E-state index contributed by atoms with van der Waals surface area (Å²) in [6.07, 6.45) is 0.838. The van der Waals surface area contributed by atoms with Crippen LogP contribution in [-0.2, 0) is 9.53 Å². The number of ether oxygens (including phenoxy) is 1. The normalized spacial score (nSPS) is 12.3. The van der Waals surface area contributed by atoms with Crippen molar-refractivity contribution in [1.82, 2.24) is 16.0 Å². The number of hydrogen-bond donors (Lipinski definition) is 3. The minimum absolute atomic E-state index is 0.336. The van der Waals surface area contributed by atoms with Gasteiger partial charge in [-0.05, 0) is 25.8 Å². The third-order valence-corrected chi connectivity index (χ3v) is 2.22. The summed E-state index contributed by atoms with van der Waals surface area (Å²) in [5, 5.41) is 7.57. The third-order valence-electron chi connectivity index (χ3n) is 2.22. The maximum absolute atomic E-state index is 11.5. The lowest BCUT2D eigenvalue weighted by molar-refractivity contribution is -0.121. The molecule has 3 N–H and O–H groups in total. The van der Waals surface area contributed by atoms with Crippen LogP contribution in [0.3, 0.4) is 0 Å². The molecule has 0 aromatic rings. The van der Waals surface area contributed by atoms with E-state index in [-0.39, 0.29) is 5.91 Å². The molecule has 0 aliphatic heterocycles. The van der Waals surface area contributed by atoms with Crippen molar-refractivity contribution in [3.63, 3.8) is 0 Å². The zero-order valence-electron chi connectivity index (χ0n) is 11.7. The van der Waals surface area contributed by atoms with Crippen LogP contribution in [0.1, 0.15) is 27.2 Å². The molecular weight excluding hydrogens is 234 g/mol. The number of rotatable bonds is 8. The monoisotopic (exact) mass is 259 g/mol. The lowest BCUT2D eigenvalue weighted by Gasteiger charge is -2.13. The van der Waals surface area contributed by atoms with Crippen molar-refractivity contribution in [2.24, 2.45) is 5.92 Å². The minimum Gasteiger partial charge on any atom is -0.381 e. The Morgan fingerprint density at radius 1 is 1.22 bits per heavy atom. The van der Waals surface area contributed by atoms with E-state index in [0.717, 1.165) is 13.0 Å². The van der Waals surface area contributed by atoms with Crippen LogP contribution in [0.25, 0.3) is 0 Å². The molecule has 106 valence electrons. The minimum atomic E-state index is -0.492. The Bertz CT molecular complexity index is 257. The van der Waals surface area contributed by atoms with E-state index in [1.165, 1.54) is 7.05 Å². The molecule has 0 radical (unpaired) electrons. The van der Waals surface area contributed by atoms with Gasteiger partial charge in [-0.1, -0.05) is 13.8 Å². The van der Waals surface area contributed by atoms with Gasteiger partial charge in [0.2, 0.25) is 5.91 Å². The van der Waals surface area contributed by atoms with Gasteiger partial charge in [0.25, 0.3) is 0 Å². The van der Waals surface area contributed by atoms with E-state index >= 15 is 0 Å². The molecule has 0 bridgehead atoms. The molecule has 0 saturated heterocycles. The van der Waals surface area contributed by atoms with Gasteiger partial charge in [0.15, 0.2) is 0 Å². The fourth-order valence-electron chi connectivity index (χ4n) is 1.19. The van der Waals surface area contributed by atoms with E-state index in [4.69, 9.17) is 4.74 Å². The number of nitrogens with one attached hydrogen (secondary N) is 3. The number of hydrogen-bond acceptors (Lipinski definition) is 4. The fourth-order valence-corrected chi connectivity index (χ4v) is 1.19. The van der Waals surface area contributed by atoms with Crippen molar-refractivity contribution in [2.45, 2.75) is 33.2 Å². The highest BCUT2D eigenvalue weighted by Crippen LogP contribution is 1.93. The van der Waals surface area contributed by atoms with Gasteiger partial charge in [-0.2, -0.15) is 0 Å². The molecule has 18 heavy (non-hydrogen) atoms. The van der Waals surface area contributed by atoms with E-state index in [0.29, 0.717) is 19.1 Å². The van der Waals surface area contributed by atoms with E-state index in [1.54, 1.807) is 6.92 Å². The smallest absolute Gasteiger partial charge is 0.321 e. The van der Waals surface area contributed by atoms with E-state index in [1.807, 2.05) is 0 Å². The first kappa shape index (κ1) is 16.9. The fraction of sp³-hybridized carbons (Fsp3) is 0.833. The summed E-state index contributed by atoms with van der Waals surface area (Å²) >= 11 is 0. The molecule has 3 amide bonds. The Hall–Kier alpha value is -1.14. The Labute approximate surface area is 109 Å². The van der Waals surface area contributed by atoms with Crippen LogP contribution in [-0.4, -0.2) is 44.8 Å². The van der Waals surface area contributed by atoms with Gasteiger partial charge in [0, 0.05) is 20.3 Å². The van der Waals surface area contributed by atoms with Crippen LogP contribution >= 0.6 is 0 Å². The number of carbonyl (C=O) groups excluding carboxylic acids is 2. The van der Waals surface area contributed by atoms with Crippen molar-refractivity contribution >= 4 is 11.9 Å². The van der Waals surface area contributed by atoms with E-state index in [2.05, 4.69) is 29.8 Å². The first-order valence-electron chi connectivity index (χ1n) is 6.31. The molecule has 0 aromatic heterocycles. The highest BCUT2D eigenvalue weighted by Gasteiger charge is 2.13. The van der Waals surface area contributed by atoms with Crippen molar-refractivity contribution in [1.29, 1.82) is 0 Å². The zero-order valence-corrected chi connectivity index (χ0v) is 11.7. The van der Waals surface area contributed by atoms with Gasteiger partial charge in [0.05, 0.1) is 6.04 Å². The standard InChI is InChI=1S/C12H25N3O3/c1-9(2)8-18-7-5-6-14-10(3)11(16)15-12(17)13-4/h9-10,14H,5-8H2,1-4H3,(H2,13,15,16,17). The predicted molar refractivity (Wildman–Crippen MR) is 70.3 cm³/mol. The Morgan fingerprint density at radius 3 is 2.44 bits per heavy atom. The molecule has 0 fully saturated rings. The summed E-state index contributed by atoms with van der Waals surface area (Å²) < 4.78 is 5.41. The summed E-state index contributed by atoms with van der Waals surface area (Å²) in [6.45, 7) is 8.03. The van der Waals surface area contributed by atoms with E-state index in [9.17, 15) is 9.59 Å². The number of amides is 3. The molecule has 6 heteroatoms. The molecule has 6 nitrogen and oxygen atoms in total. The first-order chi connectivity index (χ1) is 8.47. The molecule has 1 atom stereocenters. The summed E-state index contributed by atoms with van der Waals surface area (Å²) in [5.41, 5.74) is 0. The van der Waals surface area contributed by atoms with Gasteiger partial charge in [-0.25, -0.2) is 4.79 Å². The Kier molecular flexibility index (Phi) is 9.22. The molecule has 0 aliphatic carbocycles. The molecule has 0 heterocycles. The van der Waals surface area contributed by atoms with Crippen LogP contribution in [0, 0.1) is 5.92 Å². The lowest BCUT2D eigenvalue weighted by Crippen LogP contribution is -2.47. The number of imide groups is 1. The third kappa shape index (κ3) is 8.95. The molecule has 1 unspecified atom stereocenters. The quantitative estimate of drug-likeness (QED) is 0.554. The molecule has 0 saturated carbocycles. The van der Waals surface area contributed by atoms with E-state index < -0.39 is 12.1 Å². The van der Waals surface area contributed by atoms with Crippen molar-refractivity contribution in [3.05, 3.63) is 0 Å². The number of carbonyl (C=O) groups is 2. The van der Waals surface area contributed by atoms with Gasteiger partial charge in [-0.3, -0.25) is 10.1 Å². The van der Waals surface area contributed by atoms with Crippen LogP contribution in [0.4, 0.5) is 4.79 Å². The molecule has 0 aliphatic rings. The maximum Gasteiger partial charge on any atom is 0.321 e. The van der Waals surface area contributed by atoms with Gasteiger partial charge < -0.3 is 15.4 Å². The summed E-state index contributed by atoms with van der Waals surface area (Å²) in [5.74, 6) is 0.202. The van der Waals surface area contributed by atoms with Gasteiger partial charge in [0.1, 0.15) is 0 Å². The highest BCUT2D eigenvalue weighted by atomic mass is 16.5. The topological polar surface area (TPSA) is 79.5 Å². The van der Waals surface area contributed by atoms with Gasteiger partial charge >= 0.3 is 6.03 Å². The molecule has 0 aromatic carbocycles. The summed E-state index contributed by atoms with van der Waals surface area (Å²) in [4.78, 5) is 22.4. The van der Waals surface area contributed by atoms with Crippen molar-refractivity contribution < 1.29 is 14.3 Å². The summed E-state index contributed by atoms with van der Waals surface area (Å²) in [7, 11) is 1.47. The van der Waals surface area contributed by atoms with Crippen LogP contribution in [0.2, 0.25) is 0 Å². The molecule has 0 spiro atoms. The lowest BCUT2D eigenvalue weighted by atomic mass is 10.2. The van der Waals surface area contributed by atoms with Gasteiger partial charge in [-0.15, -0.1) is 0 Å². The Balaban J connectivity index is 3.55. The SMILES string of the molecule is CNC(=O)NC(=O)C(C)NCCCOCC(C)C. The van der Waals surface area contributed by atoms with Crippen molar-refractivity contribution in [3.8, 4) is 0 Å². The first-order valence-corrected chi connectivity index (χ1v) is 6.31.